The van der Waals surface area contributed by atoms with Crippen molar-refractivity contribution < 1.29 is 4.79 Å². The van der Waals surface area contributed by atoms with Crippen molar-refractivity contribution in [1.82, 2.24) is 4.90 Å². The van der Waals surface area contributed by atoms with Gasteiger partial charge in [-0.15, -0.1) is 0 Å². The smallest absolute Gasteiger partial charge is 0.254 e. The van der Waals surface area contributed by atoms with Crippen molar-refractivity contribution in [3.8, 4) is 0 Å². The fraction of sp³-hybridized carbons (Fsp3) is 0.190. The second-order valence-electron chi connectivity index (χ2n) is 6.17. The van der Waals surface area contributed by atoms with Gasteiger partial charge in [-0.05, 0) is 28.8 Å². The molecule has 0 saturated carbocycles. The van der Waals surface area contributed by atoms with E-state index in [0.29, 0.717) is 5.92 Å². The third kappa shape index (κ3) is 2.61. The van der Waals surface area contributed by atoms with Crippen LogP contribution in [0.1, 0.15) is 28.3 Å². The summed E-state index contributed by atoms with van der Waals surface area (Å²) in [6.45, 7) is 1.65. The van der Waals surface area contributed by atoms with E-state index in [9.17, 15) is 4.79 Å². The van der Waals surface area contributed by atoms with E-state index >= 15 is 0 Å². The first-order chi connectivity index (χ1) is 11.3. The van der Waals surface area contributed by atoms with Crippen LogP contribution in [0.2, 0.25) is 0 Å². The van der Waals surface area contributed by atoms with Gasteiger partial charge in [0.05, 0.1) is 0 Å². The van der Waals surface area contributed by atoms with Gasteiger partial charge in [0, 0.05) is 24.6 Å². The molecule has 0 spiro atoms. The van der Waals surface area contributed by atoms with Gasteiger partial charge in [-0.25, -0.2) is 0 Å². The summed E-state index contributed by atoms with van der Waals surface area (Å²) >= 11 is 0. The van der Waals surface area contributed by atoms with E-state index in [0.717, 1.165) is 35.8 Å². The average Bonchev–Trinajstić information content (AvgIpc) is 3.11. The van der Waals surface area contributed by atoms with Gasteiger partial charge in [0.2, 0.25) is 0 Å². The van der Waals surface area contributed by atoms with E-state index in [2.05, 4.69) is 36.4 Å². The van der Waals surface area contributed by atoms with Crippen molar-refractivity contribution in [1.29, 1.82) is 0 Å². The van der Waals surface area contributed by atoms with Crippen LogP contribution in [-0.2, 0) is 0 Å². The summed E-state index contributed by atoms with van der Waals surface area (Å²) in [6, 6.07) is 24.6. The summed E-state index contributed by atoms with van der Waals surface area (Å²) in [6.07, 6.45) is 1.04. The van der Waals surface area contributed by atoms with Gasteiger partial charge in [0.1, 0.15) is 0 Å². The topological polar surface area (TPSA) is 20.3 Å². The summed E-state index contributed by atoms with van der Waals surface area (Å²) in [5.41, 5.74) is 2.15. The van der Waals surface area contributed by atoms with E-state index in [1.165, 1.54) is 5.56 Å². The quantitative estimate of drug-likeness (QED) is 0.684. The lowest BCUT2D eigenvalue weighted by Gasteiger charge is -2.18. The molecule has 23 heavy (non-hydrogen) atoms. The number of nitrogens with zero attached hydrogens (tertiary/aromatic N) is 1. The number of carbonyl (C=O) groups is 1. The maximum atomic E-state index is 13.0. The molecule has 3 aromatic rings. The van der Waals surface area contributed by atoms with E-state index in [4.69, 9.17) is 0 Å². The van der Waals surface area contributed by atoms with Gasteiger partial charge in [-0.2, -0.15) is 0 Å². The second kappa shape index (κ2) is 5.88. The van der Waals surface area contributed by atoms with Gasteiger partial charge in [0.25, 0.3) is 5.91 Å². The molecular weight excluding hydrogens is 282 g/mol. The molecule has 1 unspecified atom stereocenters. The lowest BCUT2D eigenvalue weighted by Crippen LogP contribution is -2.28. The Kier molecular flexibility index (Phi) is 3.58. The monoisotopic (exact) mass is 301 g/mol. The molecule has 114 valence electrons. The van der Waals surface area contributed by atoms with E-state index in [1.54, 1.807) is 0 Å². The van der Waals surface area contributed by atoms with E-state index in [-0.39, 0.29) is 5.91 Å². The van der Waals surface area contributed by atoms with Crippen molar-refractivity contribution in [2.45, 2.75) is 12.3 Å². The number of rotatable bonds is 2. The highest BCUT2D eigenvalue weighted by Gasteiger charge is 2.28. The van der Waals surface area contributed by atoms with Crippen molar-refractivity contribution in [2.75, 3.05) is 13.1 Å². The summed E-state index contributed by atoms with van der Waals surface area (Å²) in [4.78, 5) is 15.0. The fourth-order valence-electron chi connectivity index (χ4n) is 3.52. The molecule has 1 saturated heterocycles. The molecule has 1 aliphatic heterocycles. The van der Waals surface area contributed by atoms with Crippen LogP contribution in [0.25, 0.3) is 10.8 Å². The molecule has 0 radical (unpaired) electrons. The van der Waals surface area contributed by atoms with Crippen molar-refractivity contribution >= 4 is 16.7 Å². The summed E-state index contributed by atoms with van der Waals surface area (Å²) in [5.74, 6) is 0.607. The molecule has 2 heteroatoms. The highest BCUT2D eigenvalue weighted by atomic mass is 16.2. The van der Waals surface area contributed by atoms with Crippen LogP contribution in [0.5, 0.6) is 0 Å². The number of hydrogen-bond acceptors (Lipinski definition) is 1. The minimum absolute atomic E-state index is 0.153. The minimum Gasteiger partial charge on any atom is -0.338 e. The van der Waals surface area contributed by atoms with Crippen molar-refractivity contribution in [2.24, 2.45) is 0 Å². The molecular formula is C21H19NO. The Bertz CT molecular complexity index is 835. The SMILES string of the molecule is O=C(c1cccc2ccccc12)N1CCC(c2ccccc2)C1. The molecule has 1 heterocycles. The summed E-state index contributed by atoms with van der Waals surface area (Å²) in [7, 11) is 0. The predicted octanol–water partition coefficient (Wildman–Crippen LogP) is 4.47. The van der Waals surface area contributed by atoms with Gasteiger partial charge in [0.15, 0.2) is 0 Å². The van der Waals surface area contributed by atoms with Crippen LogP contribution in [0.3, 0.4) is 0 Å². The molecule has 1 fully saturated rings. The van der Waals surface area contributed by atoms with Crippen LogP contribution >= 0.6 is 0 Å². The van der Waals surface area contributed by atoms with E-state index < -0.39 is 0 Å². The van der Waals surface area contributed by atoms with Crippen LogP contribution in [0.15, 0.2) is 72.8 Å². The molecule has 2 nitrogen and oxygen atoms in total. The Morgan fingerprint density at radius 2 is 1.61 bits per heavy atom. The van der Waals surface area contributed by atoms with Crippen LogP contribution < -0.4 is 0 Å². The molecule has 0 aliphatic carbocycles. The third-order valence-corrected chi connectivity index (χ3v) is 4.77. The number of fused-ring (bicyclic) bond motifs is 1. The number of likely N-dealkylation sites (tertiary alicyclic amines) is 1. The number of carbonyl (C=O) groups excluding carboxylic acids is 1. The number of hydrogen-bond donors (Lipinski definition) is 0. The predicted molar refractivity (Wildman–Crippen MR) is 93.7 cm³/mol. The molecule has 0 N–H and O–H groups in total. The van der Waals surface area contributed by atoms with Gasteiger partial charge >= 0.3 is 0 Å². The molecule has 4 rings (SSSR count). The van der Waals surface area contributed by atoms with Gasteiger partial charge in [-0.3, -0.25) is 4.79 Å². The molecule has 0 bridgehead atoms. The maximum absolute atomic E-state index is 13.0. The number of benzene rings is 3. The maximum Gasteiger partial charge on any atom is 0.254 e. The zero-order valence-electron chi connectivity index (χ0n) is 13.0. The fourth-order valence-corrected chi connectivity index (χ4v) is 3.52. The lowest BCUT2D eigenvalue weighted by molar-refractivity contribution is 0.0792. The van der Waals surface area contributed by atoms with E-state index in [1.807, 2.05) is 41.3 Å². The Balaban J connectivity index is 1.60. The van der Waals surface area contributed by atoms with Crippen LogP contribution in [0, 0.1) is 0 Å². The third-order valence-electron chi connectivity index (χ3n) is 4.77. The van der Waals surface area contributed by atoms with Gasteiger partial charge in [-0.1, -0.05) is 66.7 Å². The zero-order chi connectivity index (χ0) is 15.6. The number of amides is 1. The average molecular weight is 301 g/mol. The molecule has 1 atom stereocenters. The largest absolute Gasteiger partial charge is 0.338 e. The Labute approximate surface area is 136 Å². The first-order valence-corrected chi connectivity index (χ1v) is 8.15. The van der Waals surface area contributed by atoms with Gasteiger partial charge < -0.3 is 4.90 Å². The summed E-state index contributed by atoms with van der Waals surface area (Å²) < 4.78 is 0. The Morgan fingerprint density at radius 1 is 0.870 bits per heavy atom. The molecule has 1 amide bonds. The highest BCUT2D eigenvalue weighted by molar-refractivity contribution is 6.07. The molecule has 0 aromatic heterocycles. The van der Waals surface area contributed by atoms with Crippen LogP contribution in [-0.4, -0.2) is 23.9 Å². The van der Waals surface area contributed by atoms with Crippen LogP contribution in [0.4, 0.5) is 0 Å². The standard InChI is InChI=1S/C21H19NO/c23-21(20-12-6-10-17-9-4-5-11-19(17)20)22-14-13-18(15-22)16-7-2-1-3-8-16/h1-12,18H,13-15H2. The normalized spacial score (nSPS) is 17.6. The lowest BCUT2D eigenvalue weighted by atomic mass is 9.99. The van der Waals surface area contributed by atoms with Crippen molar-refractivity contribution in [3.05, 3.63) is 83.9 Å². The zero-order valence-corrected chi connectivity index (χ0v) is 13.0. The first kappa shape index (κ1) is 14.0. The van der Waals surface area contributed by atoms with Crippen molar-refractivity contribution in [3.63, 3.8) is 0 Å². The molecule has 1 aliphatic rings. The molecule has 3 aromatic carbocycles. The Hall–Kier alpha value is -2.61. The summed E-state index contributed by atoms with van der Waals surface area (Å²) in [5, 5.41) is 2.17. The highest BCUT2D eigenvalue weighted by Crippen LogP contribution is 2.29. The minimum atomic E-state index is 0.153. The second-order valence-corrected chi connectivity index (χ2v) is 6.17. The Morgan fingerprint density at radius 3 is 2.48 bits per heavy atom. The first-order valence-electron chi connectivity index (χ1n) is 8.15.